The van der Waals surface area contributed by atoms with Crippen molar-refractivity contribution in [3.63, 3.8) is 0 Å². The molecule has 6 heteroatoms. The molecule has 1 aliphatic rings. The van der Waals surface area contributed by atoms with E-state index in [0.717, 1.165) is 30.5 Å². The SMILES string of the molecule is CC(C)(C)OC(=O)NCC1CCCN1c1nc2ccccc2o1. The van der Waals surface area contributed by atoms with Crippen molar-refractivity contribution in [1.82, 2.24) is 10.3 Å². The molecular weight excluding hydrogens is 294 g/mol. The van der Waals surface area contributed by atoms with Gasteiger partial charge in [-0.05, 0) is 45.7 Å². The molecule has 124 valence electrons. The summed E-state index contributed by atoms with van der Waals surface area (Å²) in [6.07, 6.45) is 1.66. The Labute approximate surface area is 135 Å². The lowest BCUT2D eigenvalue weighted by Crippen LogP contribution is -2.42. The molecule has 1 unspecified atom stereocenters. The molecule has 1 aromatic heterocycles. The van der Waals surface area contributed by atoms with Crippen LogP contribution in [-0.2, 0) is 4.74 Å². The molecule has 1 saturated heterocycles. The zero-order valence-electron chi connectivity index (χ0n) is 13.8. The highest BCUT2D eigenvalue weighted by Gasteiger charge is 2.29. The van der Waals surface area contributed by atoms with Gasteiger partial charge < -0.3 is 19.4 Å². The van der Waals surface area contributed by atoms with Crippen molar-refractivity contribution in [1.29, 1.82) is 0 Å². The Morgan fingerprint density at radius 2 is 2.22 bits per heavy atom. The number of rotatable bonds is 3. The van der Waals surface area contributed by atoms with Gasteiger partial charge in [-0.3, -0.25) is 0 Å². The summed E-state index contributed by atoms with van der Waals surface area (Å²) >= 11 is 0. The van der Waals surface area contributed by atoms with Gasteiger partial charge in [0.1, 0.15) is 11.1 Å². The van der Waals surface area contributed by atoms with Gasteiger partial charge in [0.25, 0.3) is 6.01 Å². The Kier molecular flexibility index (Phi) is 4.15. The minimum absolute atomic E-state index is 0.176. The average molecular weight is 317 g/mol. The Morgan fingerprint density at radius 1 is 1.43 bits per heavy atom. The minimum Gasteiger partial charge on any atom is -0.444 e. The van der Waals surface area contributed by atoms with Crippen LogP contribution in [0.15, 0.2) is 28.7 Å². The number of fused-ring (bicyclic) bond motifs is 1. The minimum atomic E-state index is -0.486. The van der Waals surface area contributed by atoms with Crippen molar-refractivity contribution in [2.45, 2.75) is 45.3 Å². The van der Waals surface area contributed by atoms with Crippen LogP contribution in [0.1, 0.15) is 33.6 Å². The summed E-state index contributed by atoms with van der Waals surface area (Å²) in [4.78, 5) is 18.5. The fraction of sp³-hybridized carbons (Fsp3) is 0.529. The van der Waals surface area contributed by atoms with Gasteiger partial charge in [0.2, 0.25) is 0 Å². The molecule has 6 nitrogen and oxygen atoms in total. The van der Waals surface area contributed by atoms with Gasteiger partial charge >= 0.3 is 6.09 Å². The topological polar surface area (TPSA) is 67.6 Å². The number of para-hydroxylation sites is 2. The lowest BCUT2D eigenvalue weighted by Gasteiger charge is -2.24. The quantitative estimate of drug-likeness (QED) is 0.940. The number of carbonyl (C=O) groups is 1. The summed E-state index contributed by atoms with van der Waals surface area (Å²) in [5.74, 6) is 0. The van der Waals surface area contributed by atoms with Crippen LogP contribution in [0.5, 0.6) is 0 Å². The third-order valence-corrected chi connectivity index (χ3v) is 3.79. The molecule has 0 bridgehead atoms. The summed E-state index contributed by atoms with van der Waals surface area (Å²) in [5.41, 5.74) is 1.15. The number of oxazole rings is 1. The van der Waals surface area contributed by atoms with E-state index in [9.17, 15) is 4.79 Å². The van der Waals surface area contributed by atoms with E-state index >= 15 is 0 Å². The van der Waals surface area contributed by atoms with Crippen LogP contribution in [0.2, 0.25) is 0 Å². The maximum Gasteiger partial charge on any atom is 0.407 e. The van der Waals surface area contributed by atoms with E-state index in [0.29, 0.717) is 12.6 Å². The molecule has 0 aliphatic carbocycles. The number of carbonyl (C=O) groups excluding carboxylic acids is 1. The highest BCUT2D eigenvalue weighted by atomic mass is 16.6. The van der Waals surface area contributed by atoms with E-state index in [-0.39, 0.29) is 12.1 Å². The molecule has 1 N–H and O–H groups in total. The van der Waals surface area contributed by atoms with Gasteiger partial charge in [0.05, 0.1) is 6.04 Å². The van der Waals surface area contributed by atoms with E-state index in [1.807, 2.05) is 45.0 Å². The van der Waals surface area contributed by atoms with Gasteiger partial charge in [-0.1, -0.05) is 12.1 Å². The molecule has 1 amide bonds. The summed E-state index contributed by atoms with van der Waals surface area (Å²) in [7, 11) is 0. The van der Waals surface area contributed by atoms with Gasteiger partial charge in [0, 0.05) is 13.1 Å². The first kappa shape index (κ1) is 15.6. The standard InChI is InChI=1S/C17H23N3O3/c1-17(2,3)23-16(21)18-11-12-7-6-10-20(12)15-19-13-8-4-5-9-14(13)22-15/h4-5,8-9,12H,6-7,10-11H2,1-3H3,(H,18,21). The van der Waals surface area contributed by atoms with E-state index in [1.54, 1.807) is 0 Å². The third kappa shape index (κ3) is 3.75. The fourth-order valence-electron chi connectivity index (χ4n) is 2.80. The van der Waals surface area contributed by atoms with Crippen LogP contribution in [0.4, 0.5) is 10.8 Å². The number of aromatic nitrogens is 1. The largest absolute Gasteiger partial charge is 0.444 e. The summed E-state index contributed by atoms with van der Waals surface area (Å²) in [5, 5.41) is 2.84. The molecule has 1 fully saturated rings. The highest BCUT2D eigenvalue weighted by molar-refractivity contribution is 5.74. The molecule has 0 saturated carbocycles. The smallest absolute Gasteiger partial charge is 0.407 e. The average Bonchev–Trinajstić information content (AvgIpc) is 3.09. The Balaban J connectivity index is 1.65. The predicted octanol–water partition coefficient (Wildman–Crippen LogP) is 3.32. The lowest BCUT2D eigenvalue weighted by molar-refractivity contribution is 0.0524. The molecule has 3 rings (SSSR count). The van der Waals surface area contributed by atoms with Crippen LogP contribution in [0, 0.1) is 0 Å². The molecule has 0 spiro atoms. The normalized spacial score (nSPS) is 18.4. The van der Waals surface area contributed by atoms with Crippen LogP contribution >= 0.6 is 0 Å². The highest BCUT2D eigenvalue weighted by Crippen LogP contribution is 2.28. The number of hydrogen-bond acceptors (Lipinski definition) is 5. The van der Waals surface area contributed by atoms with Crippen LogP contribution in [0.3, 0.4) is 0 Å². The summed E-state index contributed by atoms with van der Waals surface area (Å²) in [6, 6.07) is 8.53. The van der Waals surface area contributed by atoms with Crippen LogP contribution in [-0.4, -0.2) is 35.8 Å². The molecule has 2 heterocycles. The number of anilines is 1. The third-order valence-electron chi connectivity index (χ3n) is 3.79. The van der Waals surface area contributed by atoms with Crippen molar-refractivity contribution in [3.8, 4) is 0 Å². The number of nitrogens with one attached hydrogen (secondary N) is 1. The summed E-state index contributed by atoms with van der Waals surface area (Å²) in [6.45, 7) is 6.97. The van der Waals surface area contributed by atoms with Crippen LogP contribution in [0.25, 0.3) is 11.1 Å². The number of alkyl carbamates (subject to hydrolysis) is 1. The van der Waals surface area contributed by atoms with Crippen molar-refractivity contribution >= 4 is 23.2 Å². The zero-order chi connectivity index (χ0) is 16.4. The Bertz CT molecular complexity index is 657. The second kappa shape index (κ2) is 6.10. The maximum absolute atomic E-state index is 11.8. The first-order valence-corrected chi connectivity index (χ1v) is 8.01. The fourth-order valence-corrected chi connectivity index (χ4v) is 2.80. The number of benzene rings is 1. The van der Waals surface area contributed by atoms with Crippen molar-refractivity contribution < 1.29 is 13.9 Å². The van der Waals surface area contributed by atoms with E-state index in [1.165, 1.54) is 0 Å². The second-order valence-electron chi connectivity index (χ2n) is 6.84. The first-order chi connectivity index (χ1) is 10.9. The molecule has 1 atom stereocenters. The van der Waals surface area contributed by atoms with Gasteiger partial charge in [-0.2, -0.15) is 4.98 Å². The molecule has 1 aromatic carbocycles. The van der Waals surface area contributed by atoms with E-state index in [4.69, 9.17) is 9.15 Å². The van der Waals surface area contributed by atoms with Gasteiger partial charge in [0.15, 0.2) is 5.58 Å². The summed E-state index contributed by atoms with van der Waals surface area (Å²) < 4.78 is 11.1. The van der Waals surface area contributed by atoms with Gasteiger partial charge in [-0.15, -0.1) is 0 Å². The number of ether oxygens (including phenoxy) is 1. The molecule has 23 heavy (non-hydrogen) atoms. The predicted molar refractivity (Wildman–Crippen MR) is 88.6 cm³/mol. The lowest BCUT2D eigenvalue weighted by atomic mass is 10.2. The second-order valence-corrected chi connectivity index (χ2v) is 6.84. The molecule has 2 aromatic rings. The number of amides is 1. The van der Waals surface area contributed by atoms with Crippen molar-refractivity contribution in [2.24, 2.45) is 0 Å². The first-order valence-electron chi connectivity index (χ1n) is 8.01. The Hall–Kier alpha value is -2.24. The van der Waals surface area contributed by atoms with Crippen molar-refractivity contribution in [2.75, 3.05) is 18.0 Å². The molecular formula is C17H23N3O3. The van der Waals surface area contributed by atoms with Crippen LogP contribution < -0.4 is 10.2 Å². The molecule has 1 aliphatic heterocycles. The van der Waals surface area contributed by atoms with Crippen molar-refractivity contribution in [3.05, 3.63) is 24.3 Å². The number of hydrogen-bond donors (Lipinski definition) is 1. The molecule has 0 radical (unpaired) electrons. The zero-order valence-corrected chi connectivity index (χ0v) is 13.8. The number of nitrogens with zero attached hydrogens (tertiary/aromatic N) is 2. The Morgan fingerprint density at radius 3 is 2.96 bits per heavy atom. The van der Waals surface area contributed by atoms with Gasteiger partial charge in [-0.25, -0.2) is 4.79 Å². The van der Waals surface area contributed by atoms with E-state index in [2.05, 4.69) is 15.2 Å². The monoisotopic (exact) mass is 317 g/mol. The maximum atomic E-state index is 11.8. The van der Waals surface area contributed by atoms with E-state index < -0.39 is 5.60 Å².